The van der Waals surface area contributed by atoms with Gasteiger partial charge >= 0.3 is 0 Å². The molecule has 2 N–H and O–H groups in total. The molecule has 0 saturated carbocycles. The summed E-state index contributed by atoms with van der Waals surface area (Å²) in [4.78, 5) is 24.4. The zero-order valence-corrected chi connectivity index (χ0v) is 15.6. The van der Waals surface area contributed by atoms with Crippen LogP contribution in [0.4, 0.5) is 11.4 Å². The Morgan fingerprint density at radius 3 is 2.48 bits per heavy atom. The van der Waals surface area contributed by atoms with Crippen LogP contribution < -0.4 is 15.4 Å². The molecule has 0 fully saturated rings. The smallest absolute Gasteiger partial charge is 0.255 e. The number of amides is 2. The van der Waals surface area contributed by atoms with Gasteiger partial charge in [-0.1, -0.05) is 12.1 Å². The van der Waals surface area contributed by atoms with Crippen molar-refractivity contribution in [2.75, 3.05) is 29.8 Å². The average Bonchev–Trinajstić information content (AvgIpc) is 2.57. The molecule has 0 unspecified atom stereocenters. The predicted molar refractivity (Wildman–Crippen MR) is 104 cm³/mol. The van der Waals surface area contributed by atoms with Crippen molar-refractivity contribution in [3.05, 3.63) is 53.1 Å². The van der Waals surface area contributed by atoms with Crippen molar-refractivity contribution >= 4 is 35.0 Å². The second-order valence-corrected chi connectivity index (χ2v) is 6.53. The average molecular weight is 358 g/mol. The number of hydrogen-bond acceptors (Lipinski definition) is 4. The van der Waals surface area contributed by atoms with Crippen LogP contribution in [0.15, 0.2) is 36.4 Å². The predicted octanol–water partition coefficient (Wildman–Crippen LogP) is 3.87. The van der Waals surface area contributed by atoms with Crippen LogP contribution >= 0.6 is 11.8 Å². The first-order chi connectivity index (χ1) is 11.9. The molecule has 2 aromatic carbocycles. The van der Waals surface area contributed by atoms with E-state index in [-0.39, 0.29) is 11.8 Å². The summed E-state index contributed by atoms with van der Waals surface area (Å²) in [5.74, 6) is 0.619. The number of ether oxygens (including phenoxy) is 1. The highest BCUT2D eigenvalue weighted by Gasteiger charge is 2.12. The second-order valence-electron chi connectivity index (χ2n) is 5.67. The van der Waals surface area contributed by atoms with Gasteiger partial charge in [-0.25, -0.2) is 0 Å². The van der Waals surface area contributed by atoms with E-state index in [0.717, 1.165) is 11.1 Å². The Labute approximate surface area is 152 Å². The highest BCUT2D eigenvalue weighted by Crippen LogP contribution is 2.26. The van der Waals surface area contributed by atoms with Crippen molar-refractivity contribution in [2.45, 2.75) is 13.8 Å². The van der Waals surface area contributed by atoms with Crippen LogP contribution in [0.3, 0.4) is 0 Å². The molecule has 0 aliphatic carbocycles. The third-order valence-electron chi connectivity index (χ3n) is 3.65. The number of carbonyl (C=O) groups excluding carboxylic acids is 2. The Morgan fingerprint density at radius 1 is 1.04 bits per heavy atom. The van der Waals surface area contributed by atoms with Gasteiger partial charge < -0.3 is 15.4 Å². The van der Waals surface area contributed by atoms with Crippen LogP contribution in [-0.2, 0) is 4.79 Å². The number of rotatable bonds is 6. The van der Waals surface area contributed by atoms with Gasteiger partial charge in [-0.3, -0.25) is 9.59 Å². The maximum Gasteiger partial charge on any atom is 0.255 e. The van der Waals surface area contributed by atoms with E-state index in [0.29, 0.717) is 28.4 Å². The number of anilines is 2. The van der Waals surface area contributed by atoms with Gasteiger partial charge in [0.2, 0.25) is 5.91 Å². The number of aryl methyl sites for hydroxylation is 2. The minimum Gasteiger partial charge on any atom is -0.495 e. The molecule has 0 radical (unpaired) electrons. The molecule has 0 aromatic heterocycles. The molecule has 25 heavy (non-hydrogen) atoms. The first-order valence-electron chi connectivity index (χ1n) is 7.80. The molecule has 5 nitrogen and oxygen atoms in total. The van der Waals surface area contributed by atoms with E-state index in [9.17, 15) is 9.59 Å². The molecule has 2 rings (SSSR count). The quantitative estimate of drug-likeness (QED) is 0.823. The molecule has 0 bridgehead atoms. The van der Waals surface area contributed by atoms with E-state index in [1.54, 1.807) is 19.2 Å². The number of nitrogens with one attached hydrogen (secondary N) is 2. The Hall–Kier alpha value is -2.47. The summed E-state index contributed by atoms with van der Waals surface area (Å²) in [6.45, 7) is 3.83. The minimum atomic E-state index is -0.260. The zero-order valence-electron chi connectivity index (χ0n) is 14.8. The summed E-state index contributed by atoms with van der Waals surface area (Å²) in [6.07, 6.45) is 1.87. The molecule has 0 atom stereocenters. The number of carbonyl (C=O) groups is 2. The van der Waals surface area contributed by atoms with Crippen LogP contribution in [-0.4, -0.2) is 30.9 Å². The number of hydrogen-bond donors (Lipinski definition) is 2. The third-order valence-corrected chi connectivity index (χ3v) is 4.20. The third kappa shape index (κ3) is 5.00. The van der Waals surface area contributed by atoms with Gasteiger partial charge in [-0.15, -0.1) is 0 Å². The van der Waals surface area contributed by atoms with Crippen molar-refractivity contribution in [1.29, 1.82) is 0 Å². The summed E-state index contributed by atoms with van der Waals surface area (Å²) in [5, 5.41) is 5.70. The second kappa shape index (κ2) is 8.58. The van der Waals surface area contributed by atoms with Crippen molar-refractivity contribution in [1.82, 2.24) is 0 Å². The molecule has 0 aliphatic rings. The zero-order chi connectivity index (χ0) is 18.4. The van der Waals surface area contributed by atoms with Crippen LogP contribution in [0, 0.1) is 13.8 Å². The van der Waals surface area contributed by atoms with Gasteiger partial charge in [0.05, 0.1) is 18.6 Å². The minimum absolute atomic E-state index is 0.0893. The Balaban J connectivity index is 2.22. The normalized spacial score (nSPS) is 10.2. The molecule has 2 amide bonds. The standard InChI is InChI=1S/C19H22N2O3S/c1-12-5-8-17(24-3)16(9-12)21-19(23)14-7-6-13(2)15(10-14)20-18(22)11-25-4/h5-10H,11H2,1-4H3,(H,20,22)(H,21,23). The molecule has 0 spiro atoms. The fraction of sp³-hybridized carbons (Fsp3) is 0.263. The topological polar surface area (TPSA) is 67.4 Å². The van der Waals surface area contributed by atoms with Crippen molar-refractivity contribution in [2.24, 2.45) is 0 Å². The molecule has 0 aliphatic heterocycles. The van der Waals surface area contributed by atoms with Crippen molar-refractivity contribution < 1.29 is 14.3 Å². The number of benzene rings is 2. The van der Waals surface area contributed by atoms with Crippen LogP contribution in [0.25, 0.3) is 0 Å². The summed E-state index contributed by atoms with van der Waals surface area (Å²) in [6, 6.07) is 10.8. The lowest BCUT2D eigenvalue weighted by molar-refractivity contribution is -0.113. The fourth-order valence-corrected chi connectivity index (χ4v) is 2.66. The van der Waals surface area contributed by atoms with E-state index in [2.05, 4.69) is 10.6 Å². The lowest BCUT2D eigenvalue weighted by Gasteiger charge is -2.13. The first-order valence-corrected chi connectivity index (χ1v) is 9.19. The van der Waals surface area contributed by atoms with Gasteiger partial charge in [0.1, 0.15) is 5.75 Å². The number of methoxy groups -OCH3 is 1. The van der Waals surface area contributed by atoms with E-state index in [1.165, 1.54) is 11.8 Å². The van der Waals surface area contributed by atoms with Crippen LogP contribution in [0.2, 0.25) is 0 Å². The summed E-state index contributed by atoms with van der Waals surface area (Å²) in [7, 11) is 1.56. The highest BCUT2D eigenvalue weighted by atomic mass is 32.2. The highest BCUT2D eigenvalue weighted by molar-refractivity contribution is 7.99. The molecule has 2 aromatic rings. The van der Waals surface area contributed by atoms with E-state index >= 15 is 0 Å². The van der Waals surface area contributed by atoms with Crippen molar-refractivity contribution in [3.8, 4) is 5.75 Å². The molecular formula is C19H22N2O3S. The summed E-state index contributed by atoms with van der Waals surface area (Å²) >= 11 is 1.45. The maximum absolute atomic E-state index is 12.6. The molecule has 0 heterocycles. The van der Waals surface area contributed by atoms with Gasteiger partial charge in [0, 0.05) is 11.3 Å². The van der Waals surface area contributed by atoms with Crippen molar-refractivity contribution in [3.63, 3.8) is 0 Å². The van der Waals surface area contributed by atoms with Gasteiger partial charge in [0.15, 0.2) is 0 Å². The molecule has 0 saturated heterocycles. The lowest BCUT2D eigenvalue weighted by Crippen LogP contribution is -2.17. The summed E-state index contributed by atoms with van der Waals surface area (Å²) < 4.78 is 5.29. The van der Waals surface area contributed by atoms with Crippen LogP contribution in [0.5, 0.6) is 5.75 Å². The van der Waals surface area contributed by atoms with E-state index in [4.69, 9.17) is 4.74 Å². The monoisotopic (exact) mass is 358 g/mol. The molecular weight excluding hydrogens is 336 g/mol. The molecule has 6 heteroatoms. The maximum atomic E-state index is 12.6. The Morgan fingerprint density at radius 2 is 1.80 bits per heavy atom. The van der Waals surface area contributed by atoms with Gasteiger partial charge in [0.25, 0.3) is 5.91 Å². The SMILES string of the molecule is COc1ccc(C)cc1NC(=O)c1ccc(C)c(NC(=O)CSC)c1. The van der Waals surface area contributed by atoms with Gasteiger partial charge in [-0.05, 0) is 55.5 Å². The van der Waals surface area contributed by atoms with E-state index < -0.39 is 0 Å². The lowest BCUT2D eigenvalue weighted by atomic mass is 10.1. The van der Waals surface area contributed by atoms with Gasteiger partial charge in [-0.2, -0.15) is 11.8 Å². The first kappa shape index (κ1) is 18.9. The fourth-order valence-electron chi connectivity index (χ4n) is 2.33. The van der Waals surface area contributed by atoms with E-state index in [1.807, 2.05) is 44.4 Å². The summed E-state index contributed by atoms with van der Waals surface area (Å²) in [5.41, 5.74) is 3.64. The van der Waals surface area contributed by atoms with Crippen LogP contribution in [0.1, 0.15) is 21.5 Å². The Bertz CT molecular complexity index is 790. The molecule has 132 valence electrons. The Kier molecular flexibility index (Phi) is 6.47. The number of thioether (sulfide) groups is 1. The largest absolute Gasteiger partial charge is 0.495 e.